The molecule has 98 valence electrons. The van der Waals surface area contributed by atoms with Crippen LogP contribution in [-0.2, 0) is 0 Å². The zero-order chi connectivity index (χ0) is 13.5. The maximum Gasteiger partial charge on any atom is 0.0671 e. The van der Waals surface area contributed by atoms with E-state index in [0.29, 0.717) is 6.04 Å². The van der Waals surface area contributed by atoms with E-state index in [9.17, 15) is 0 Å². The smallest absolute Gasteiger partial charge is 0.0671 e. The summed E-state index contributed by atoms with van der Waals surface area (Å²) >= 11 is 0. The lowest BCUT2D eigenvalue weighted by atomic mass is 10.1. The van der Waals surface area contributed by atoms with Crippen LogP contribution >= 0.6 is 0 Å². The van der Waals surface area contributed by atoms with E-state index in [4.69, 9.17) is 5.26 Å². The molecule has 18 heavy (non-hydrogen) atoms. The van der Waals surface area contributed by atoms with Crippen molar-refractivity contribution in [2.75, 3.05) is 25.0 Å². The van der Waals surface area contributed by atoms with Gasteiger partial charge >= 0.3 is 0 Å². The second kappa shape index (κ2) is 7.03. The van der Waals surface area contributed by atoms with Gasteiger partial charge in [0.2, 0.25) is 0 Å². The number of hydrogen-bond acceptors (Lipinski definition) is 3. The van der Waals surface area contributed by atoms with Gasteiger partial charge in [-0.05, 0) is 38.1 Å². The van der Waals surface area contributed by atoms with Gasteiger partial charge in [-0.1, -0.05) is 19.1 Å². The Hall–Kier alpha value is -1.53. The quantitative estimate of drug-likeness (QED) is 0.837. The predicted octanol–water partition coefficient (Wildman–Crippen LogP) is 2.95. The molecule has 0 spiro atoms. The summed E-state index contributed by atoms with van der Waals surface area (Å²) in [6.07, 6.45) is 0. The Morgan fingerprint density at radius 2 is 1.89 bits per heavy atom. The number of anilines is 1. The van der Waals surface area contributed by atoms with E-state index in [1.165, 1.54) is 5.56 Å². The highest BCUT2D eigenvalue weighted by Crippen LogP contribution is 2.19. The average Bonchev–Trinajstić information content (AvgIpc) is 2.39. The molecule has 1 N–H and O–H groups in total. The maximum absolute atomic E-state index is 8.82. The van der Waals surface area contributed by atoms with Gasteiger partial charge in [-0.25, -0.2) is 0 Å². The van der Waals surface area contributed by atoms with Gasteiger partial charge < -0.3 is 10.2 Å². The summed E-state index contributed by atoms with van der Waals surface area (Å²) in [6, 6.07) is 11.2. The molecule has 0 heterocycles. The zero-order valence-electron chi connectivity index (χ0n) is 11.8. The molecule has 3 nitrogen and oxygen atoms in total. The van der Waals surface area contributed by atoms with Crippen molar-refractivity contribution >= 4 is 5.69 Å². The molecule has 0 radical (unpaired) electrons. The highest BCUT2D eigenvalue weighted by Gasteiger charge is 2.07. The lowest BCUT2D eigenvalue weighted by Gasteiger charge is -2.21. The highest BCUT2D eigenvalue weighted by molar-refractivity contribution is 5.47. The van der Waals surface area contributed by atoms with Crippen LogP contribution in [0.5, 0.6) is 0 Å². The van der Waals surface area contributed by atoms with Crippen LogP contribution in [0.2, 0.25) is 0 Å². The minimum Gasteiger partial charge on any atom is -0.373 e. The molecule has 0 saturated heterocycles. The molecule has 2 unspecified atom stereocenters. The summed E-state index contributed by atoms with van der Waals surface area (Å²) in [5.41, 5.74) is 2.45. The van der Waals surface area contributed by atoms with Crippen molar-refractivity contribution < 1.29 is 0 Å². The first-order chi connectivity index (χ1) is 8.58. The Labute approximate surface area is 110 Å². The maximum atomic E-state index is 8.82. The van der Waals surface area contributed by atoms with Gasteiger partial charge in [0.05, 0.1) is 12.0 Å². The Morgan fingerprint density at radius 1 is 1.28 bits per heavy atom. The van der Waals surface area contributed by atoms with Crippen LogP contribution in [0.15, 0.2) is 24.3 Å². The van der Waals surface area contributed by atoms with Crippen LogP contribution < -0.4 is 10.2 Å². The van der Waals surface area contributed by atoms with Crippen LogP contribution in [0.1, 0.15) is 32.4 Å². The SMILES string of the molecule is CCNC(C)c1ccc(N(C)CC(C)C#N)cc1. The fourth-order valence-electron chi connectivity index (χ4n) is 2.00. The fraction of sp³-hybridized carbons (Fsp3) is 0.533. The van der Waals surface area contributed by atoms with E-state index in [1.54, 1.807) is 0 Å². The van der Waals surface area contributed by atoms with E-state index < -0.39 is 0 Å². The molecule has 0 amide bonds. The second-order valence-electron chi connectivity index (χ2n) is 4.78. The molecule has 1 rings (SSSR count). The number of nitrogens with zero attached hydrogens (tertiary/aromatic N) is 2. The molecule has 2 atom stereocenters. The molecule has 0 bridgehead atoms. The summed E-state index contributed by atoms with van der Waals surface area (Å²) < 4.78 is 0. The van der Waals surface area contributed by atoms with Crippen molar-refractivity contribution in [3.05, 3.63) is 29.8 Å². The Kier molecular flexibility index (Phi) is 5.67. The van der Waals surface area contributed by atoms with E-state index >= 15 is 0 Å². The predicted molar refractivity (Wildman–Crippen MR) is 76.6 cm³/mol. The third-order valence-corrected chi connectivity index (χ3v) is 3.11. The molecular weight excluding hydrogens is 222 g/mol. The van der Waals surface area contributed by atoms with Crippen LogP contribution in [-0.4, -0.2) is 20.1 Å². The van der Waals surface area contributed by atoms with Crippen molar-refractivity contribution in [1.29, 1.82) is 5.26 Å². The lowest BCUT2D eigenvalue weighted by molar-refractivity contribution is 0.598. The van der Waals surface area contributed by atoms with Crippen LogP contribution in [0.3, 0.4) is 0 Å². The largest absolute Gasteiger partial charge is 0.373 e. The van der Waals surface area contributed by atoms with Crippen LogP contribution in [0, 0.1) is 17.2 Å². The Bertz CT molecular complexity index is 391. The molecule has 0 saturated carbocycles. The average molecular weight is 245 g/mol. The van der Waals surface area contributed by atoms with E-state index in [-0.39, 0.29) is 5.92 Å². The third kappa shape index (κ3) is 4.05. The highest BCUT2D eigenvalue weighted by atomic mass is 15.1. The standard InChI is InChI=1S/C15H23N3/c1-5-17-13(3)14-6-8-15(9-7-14)18(4)11-12(2)10-16/h6-9,12-13,17H,5,11H2,1-4H3. The minimum absolute atomic E-state index is 0.0513. The lowest BCUT2D eigenvalue weighted by Crippen LogP contribution is -2.23. The first kappa shape index (κ1) is 14.5. The molecular formula is C15H23N3. The number of hydrogen-bond donors (Lipinski definition) is 1. The summed E-state index contributed by atoms with van der Waals surface area (Å²) in [5, 5.41) is 12.2. The Morgan fingerprint density at radius 3 is 2.39 bits per heavy atom. The van der Waals surface area contributed by atoms with Gasteiger partial charge in [0.25, 0.3) is 0 Å². The molecule has 3 heteroatoms. The second-order valence-corrected chi connectivity index (χ2v) is 4.78. The van der Waals surface area contributed by atoms with Gasteiger partial charge in [0.1, 0.15) is 0 Å². The third-order valence-electron chi connectivity index (χ3n) is 3.11. The minimum atomic E-state index is 0.0513. The number of rotatable bonds is 6. The number of nitriles is 1. The van der Waals surface area contributed by atoms with E-state index in [0.717, 1.165) is 18.8 Å². The molecule has 1 aromatic rings. The molecule has 0 fully saturated rings. The molecule has 0 aliphatic heterocycles. The summed E-state index contributed by atoms with van der Waals surface area (Å²) in [7, 11) is 2.02. The summed E-state index contributed by atoms with van der Waals surface area (Å²) in [6.45, 7) is 7.96. The van der Waals surface area contributed by atoms with Crippen molar-refractivity contribution in [2.24, 2.45) is 5.92 Å². The molecule has 0 aromatic heterocycles. The van der Waals surface area contributed by atoms with Crippen molar-refractivity contribution in [3.63, 3.8) is 0 Å². The number of benzene rings is 1. The summed E-state index contributed by atoms with van der Waals surface area (Å²) in [4.78, 5) is 2.12. The van der Waals surface area contributed by atoms with Gasteiger partial charge in [-0.15, -0.1) is 0 Å². The monoisotopic (exact) mass is 245 g/mol. The Balaban J connectivity index is 2.68. The van der Waals surface area contributed by atoms with Gasteiger partial charge in [-0.3, -0.25) is 0 Å². The summed E-state index contributed by atoms with van der Waals surface area (Å²) in [5.74, 6) is 0.0513. The molecule has 0 aliphatic carbocycles. The van der Waals surface area contributed by atoms with Gasteiger partial charge in [0.15, 0.2) is 0 Å². The molecule has 1 aromatic carbocycles. The molecule has 0 aliphatic rings. The van der Waals surface area contributed by atoms with E-state index in [2.05, 4.69) is 54.4 Å². The van der Waals surface area contributed by atoms with Crippen molar-refractivity contribution in [3.8, 4) is 6.07 Å². The topological polar surface area (TPSA) is 39.1 Å². The van der Waals surface area contributed by atoms with Crippen LogP contribution in [0.4, 0.5) is 5.69 Å². The first-order valence-electron chi connectivity index (χ1n) is 6.52. The van der Waals surface area contributed by atoms with Crippen molar-refractivity contribution in [1.82, 2.24) is 5.32 Å². The van der Waals surface area contributed by atoms with Crippen molar-refractivity contribution in [2.45, 2.75) is 26.8 Å². The fourth-order valence-corrected chi connectivity index (χ4v) is 2.00. The first-order valence-corrected chi connectivity index (χ1v) is 6.52. The number of nitrogens with one attached hydrogen (secondary N) is 1. The van der Waals surface area contributed by atoms with Gasteiger partial charge in [0, 0.05) is 25.3 Å². The zero-order valence-corrected chi connectivity index (χ0v) is 11.8. The van der Waals surface area contributed by atoms with Crippen LogP contribution in [0.25, 0.3) is 0 Å². The van der Waals surface area contributed by atoms with E-state index in [1.807, 2.05) is 14.0 Å². The van der Waals surface area contributed by atoms with Gasteiger partial charge in [-0.2, -0.15) is 5.26 Å². The normalized spacial score (nSPS) is 13.7.